The molecule has 0 atom stereocenters. The molecule has 0 unspecified atom stereocenters. The fourth-order valence-corrected chi connectivity index (χ4v) is 11.5. The van der Waals surface area contributed by atoms with Gasteiger partial charge in [0.15, 0.2) is 0 Å². The maximum Gasteiger partial charge on any atom is 0.211 e. The number of aryl methyl sites for hydroxylation is 4. The van der Waals surface area contributed by atoms with Crippen LogP contribution in [0, 0.1) is 0 Å². The van der Waals surface area contributed by atoms with Crippen molar-refractivity contribution in [2.75, 3.05) is 0 Å². The summed E-state index contributed by atoms with van der Waals surface area (Å²) >= 11 is 0. The number of benzene rings is 2. The number of nitrogens with zero attached hydrogens (tertiary/aromatic N) is 2. The summed E-state index contributed by atoms with van der Waals surface area (Å²) in [7, 11) is 0. The first-order valence-corrected chi connectivity index (χ1v) is 31.2. The van der Waals surface area contributed by atoms with E-state index in [0.29, 0.717) is 0 Å². The molecule has 2 aromatic rings. The summed E-state index contributed by atoms with van der Waals surface area (Å²) in [5.74, 6) is 0. The molecule has 2 nitrogen and oxygen atoms in total. The second kappa shape index (κ2) is 39.1. The highest BCUT2D eigenvalue weighted by atomic mass is 15.2. The monoisotopic (exact) mass is 947 g/mol. The smallest absolute Gasteiger partial charge is 0.211 e. The second-order valence-corrected chi connectivity index (χ2v) is 22.1. The molecule has 3 rings (SSSR count). The van der Waals surface area contributed by atoms with Gasteiger partial charge in [-0.25, -0.2) is 4.70 Å². The van der Waals surface area contributed by atoms with Gasteiger partial charge in [0.25, 0.3) is 0 Å². The first-order chi connectivity index (χ1) is 33.9. The van der Waals surface area contributed by atoms with Crippen molar-refractivity contribution >= 4 is 11.4 Å². The van der Waals surface area contributed by atoms with Crippen molar-refractivity contribution in [2.24, 2.45) is 0 Å². The van der Waals surface area contributed by atoms with Crippen LogP contribution in [0.5, 0.6) is 0 Å². The average molecular weight is 948 g/mol. The number of allylic oxidation sites excluding steroid dienone is 2. The summed E-state index contributed by atoms with van der Waals surface area (Å²) in [5.41, 5.74) is 30.2. The van der Waals surface area contributed by atoms with E-state index < -0.39 is 0 Å². The normalized spacial score (nSPS) is 13.0. The molecule has 1 heterocycles. The lowest BCUT2D eigenvalue weighted by Gasteiger charge is -2.20. The van der Waals surface area contributed by atoms with Crippen LogP contribution in [0.3, 0.4) is 0 Å². The van der Waals surface area contributed by atoms with E-state index in [2.05, 4.69) is 79.7 Å². The molecule has 0 radical (unpaired) electrons. The highest BCUT2D eigenvalue weighted by Gasteiger charge is 2.36. The van der Waals surface area contributed by atoms with Crippen LogP contribution in [-0.4, -0.2) is 4.70 Å². The van der Waals surface area contributed by atoms with Gasteiger partial charge in [-0.05, 0) is 160 Å². The molecule has 1 aliphatic rings. The molecule has 392 valence electrons. The zero-order valence-electron chi connectivity index (χ0n) is 47.6. The number of hydrogen-bond acceptors (Lipinski definition) is 0. The average Bonchev–Trinajstić information content (AvgIpc) is 3.64. The Balaban J connectivity index is 1.86. The van der Waals surface area contributed by atoms with E-state index in [9.17, 15) is 5.53 Å². The number of unbranched alkanes of at least 4 members (excludes halogenated alkanes) is 27. The third-order valence-electron chi connectivity index (χ3n) is 15.8. The summed E-state index contributed by atoms with van der Waals surface area (Å²) < 4.78 is 1.75. The van der Waals surface area contributed by atoms with E-state index in [1.54, 1.807) is 38.1 Å². The highest BCUT2D eigenvalue weighted by molar-refractivity contribution is 5.83. The molecular formula is C67H114N2. The Morgan fingerprint density at radius 2 is 0.478 bits per heavy atom. The van der Waals surface area contributed by atoms with Crippen LogP contribution in [0.25, 0.3) is 16.9 Å². The standard InChI is InChI=1S/C67H114N2/c1-9-17-25-26-27-28-29-30-31-32-33-34-35-36-37-38-39-40-41-42-43-51-65-64(50-24-16-8)66(60-52-56(44-18-10-2)62(48-22-14-6)57(53-60)45-19-11-3)69(68)67(65)61-54-58(46-20-12-4)63(49-23-15-7)59(55-61)47-21-13-5/h52-55H,9-51H2,1-8H3. The molecule has 0 saturated carbocycles. The lowest BCUT2D eigenvalue weighted by molar-refractivity contribution is -0.345. The van der Waals surface area contributed by atoms with Gasteiger partial charge in [0.05, 0.1) is 0 Å². The molecule has 1 aliphatic heterocycles. The van der Waals surface area contributed by atoms with E-state index in [0.717, 1.165) is 62.8 Å². The Morgan fingerprint density at radius 1 is 0.261 bits per heavy atom. The summed E-state index contributed by atoms with van der Waals surface area (Å²) in [6.07, 6.45) is 55.7. The first kappa shape index (κ1) is 60.8. The van der Waals surface area contributed by atoms with E-state index in [1.165, 1.54) is 247 Å². The van der Waals surface area contributed by atoms with Crippen molar-refractivity contribution < 1.29 is 4.70 Å². The molecule has 0 aliphatic carbocycles. The second-order valence-electron chi connectivity index (χ2n) is 22.1. The SMILES string of the molecule is CCCCCCCCCCCCCCCCCCCCCCCC1=C(c2cc(CCCC)c(CCCC)c(CCCC)c2)[N+](=[N-])C(c2cc(CCCC)c(CCCC)c(CCCC)c2)=C1CCCC. The lowest BCUT2D eigenvalue weighted by Crippen LogP contribution is -2.09. The zero-order valence-corrected chi connectivity index (χ0v) is 47.6. The van der Waals surface area contributed by atoms with E-state index in [-0.39, 0.29) is 0 Å². The van der Waals surface area contributed by atoms with Gasteiger partial charge in [0.2, 0.25) is 11.4 Å². The fourth-order valence-electron chi connectivity index (χ4n) is 11.5. The van der Waals surface area contributed by atoms with Crippen LogP contribution in [-0.2, 0) is 38.5 Å². The molecule has 0 amide bonds. The molecule has 0 aromatic heterocycles. The summed E-state index contributed by atoms with van der Waals surface area (Å²) in [6.45, 7) is 18.7. The van der Waals surface area contributed by atoms with Crippen molar-refractivity contribution in [1.29, 1.82) is 0 Å². The maximum absolute atomic E-state index is 13.1. The summed E-state index contributed by atoms with van der Waals surface area (Å²) in [6, 6.07) is 10.2. The molecule has 0 fully saturated rings. The Hall–Kier alpha value is -2.48. The van der Waals surface area contributed by atoms with Gasteiger partial charge >= 0.3 is 0 Å². The van der Waals surface area contributed by atoms with E-state index in [1.807, 2.05) is 0 Å². The molecule has 69 heavy (non-hydrogen) atoms. The predicted octanol–water partition coefficient (Wildman–Crippen LogP) is 22.7. The Labute approximate surface area is 431 Å². The van der Waals surface area contributed by atoms with Gasteiger partial charge in [-0.1, -0.05) is 229 Å². The van der Waals surface area contributed by atoms with Gasteiger partial charge in [0, 0.05) is 22.3 Å². The molecular weight excluding hydrogens is 833 g/mol. The van der Waals surface area contributed by atoms with Crippen molar-refractivity contribution in [3.05, 3.63) is 85.5 Å². The fraction of sp³-hybridized carbons (Fsp3) is 0.761. The molecule has 2 heteroatoms. The van der Waals surface area contributed by atoms with Crippen molar-refractivity contribution in [1.82, 2.24) is 0 Å². The molecule has 0 spiro atoms. The maximum atomic E-state index is 13.1. The summed E-state index contributed by atoms with van der Waals surface area (Å²) in [5, 5.41) is 0. The molecule has 2 aromatic carbocycles. The third kappa shape index (κ3) is 22.4. The van der Waals surface area contributed by atoms with Gasteiger partial charge < -0.3 is 5.53 Å². The lowest BCUT2D eigenvalue weighted by atomic mass is 9.86. The van der Waals surface area contributed by atoms with Crippen molar-refractivity contribution in [3.63, 3.8) is 0 Å². The Morgan fingerprint density at radius 3 is 0.754 bits per heavy atom. The highest BCUT2D eigenvalue weighted by Crippen LogP contribution is 2.46. The van der Waals surface area contributed by atoms with Crippen LogP contribution < -0.4 is 0 Å². The minimum Gasteiger partial charge on any atom is -0.493 e. The van der Waals surface area contributed by atoms with E-state index in [4.69, 9.17) is 0 Å². The minimum absolute atomic E-state index is 1.03. The van der Waals surface area contributed by atoms with Gasteiger partial charge in [-0.15, -0.1) is 0 Å². The van der Waals surface area contributed by atoms with Gasteiger partial charge in [0.1, 0.15) is 0 Å². The topological polar surface area (TPSA) is 25.3 Å². The van der Waals surface area contributed by atoms with Crippen LogP contribution >= 0.6 is 0 Å². The van der Waals surface area contributed by atoms with Crippen LogP contribution in [0.4, 0.5) is 0 Å². The van der Waals surface area contributed by atoms with Crippen LogP contribution in [0.2, 0.25) is 0 Å². The minimum atomic E-state index is 1.03. The summed E-state index contributed by atoms with van der Waals surface area (Å²) in [4.78, 5) is 0. The third-order valence-corrected chi connectivity index (χ3v) is 15.8. The van der Waals surface area contributed by atoms with Gasteiger partial charge in [-0.2, -0.15) is 0 Å². The Kier molecular flexibility index (Phi) is 34.5. The zero-order chi connectivity index (χ0) is 49.7. The van der Waals surface area contributed by atoms with Crippen molar-refractivity contribution in [2.45, 2.75) is 331 Å². The van der Waals surface area contributed by atoms with Crippen LogP contribution in [0.1, 0.15) is 337 Å². The number of hydrogen-bond donors (Lipinski definition) is 0. The largest absolute Gasteiger partial charge is 0.493 e. The van der Waals surface area contributed by atoms with E-state index >= 15 is 0 Å². The van der Waals surface area contributed by atoms with Crippen molar-refractivity contribution in [3.8, 4) is 0 Å². The van der Waals surface area contributed by atoms with Gasteiger partial charge in [-0.3, -0.25) is 0 Å². The van der Waals surface area contributed by atoms with Crippen LogP contribution in [0.15, 0.2) is 35.4 Å². The quantitative estimate of drug-likeness (QED) is 0.0467. The Bertz CT molecular complexity index is 1660. The molecule has 0 saturated heterocycles. The molecule has 0 bridgehead atoms. The predicted molar refractivity (Wildman–Crippen MR) is 309 cm³/mol. The number of rotatable bonds is 45. The molecule has 0 N–H and O–H groups in total. The first-order valence-electron chi connectivity index (χ1n) is 31.2.